The zero-order valence-electron chi connectivity index (χ0n) is 8.46. The van der Waals surface area contributed by atoms with E-state index in [2.05, 4.69) is 11.8 Å². The number of likely N-dealkylation sites (tertiary alicyclic amines) is 1. The molecule has 2 aliphatic rings. The summed E-state index contributed by atoms with van der Waals surface area (Å²) in [5.41, 5.74) is 0. The molecular formula is C11H19NO. The van der Waals surface area contributed by atoms with Gasteiger partial charge in [-0.1, -0.05) is 6.92 Å². The third-order valence-electron chi connectivity index (χ3n) is 3.26. The van der Waals surface area contributed by atoms with Crippen LogP contribution >= 0.6 is 0 Å². The van der Waals surface area contributed by atoms with E-state index in [1.807, 2.05) is 0 Å². The van der Waals surface area contributed by atoms with Crippen molar-refractivity contribution >= 4 is 5.91 Å². The predicted molar refractivity (Wildman–Crippen MR) is 52.3 cm³/mol. The molecule has 74 valence electrons. The van der Waals surface area contributed by atoms with Gasteiger partial charge >= 0.3 is 0 Å². The Morgan fingerprint density at radius 2 is 1.92 bits per heavy atom. The van der Waals surface area contributed by atoms with E-state index in [4.69, 9.17) is 0 Å². The normalized spacial score (nSPS) is 29.9. The van der Waals surface area contributed by atoms with Gasteiger partial charge in [0.25, 0.3) is 0 Å². The van der Waals surface area contributed by atoms with Gasteiger partial charge in [-0.2, -0.15) is 0 Å². The van der Waals surface area contributed by atoms with E-state index in [0.29, 0.717) is 11.8 Å². The first-order valence-corrected chi connectivity index (χ1v) is 5.56. The molecule has 2 rings (SSSR count). The average Bonchev–Trinajstić information content (AvgIpc) is 2.89. The second-order valence-corrected chi connectivity index (χ2v) is 4.64. The number of nitrogens with zero attached hydrogens (tertiary/aromatic N) is 1. The molecule has 0 aromatic heterocycles. The van der Waals surface area contributed by atoms with Gasteiger partial charge in [0.15, 0.2) is 0 Å². The summed E-state index contributed by atoms with van der Waals surface area (Å²) in [5.74, 6) is 1.67. The summed E-state index contributed by atoms with van der Waals surface area (Å²) in [6.07, 6.45) is 6.00. The van der Waals surface area contributed by atoms with Crippen molar-refractivity contribution in [2.75, 3.05) is 13.1 Å². The summed E-state index contributed by atoms with van der Waals surface area (Å²) in [7, 11) is 0. The summed E-state index contributed by atoms with van der Waals surface area (Å²) in [5, 5.41) is 0. The molecule has 1 aliphatic carbocycles. The van der Waals surface area contributed by atoms with Crippen LogP contribution in [0.4, 0.5) is 0 Å². The fourth-order valence-corrected chi connectivity index (χ4v) is 2.07. The van der Waals surface area contributed by atoms with Crippen LogP contribution in [0.5, 0.6) is 0 Å². The number of rotatable bonds is 1. The van der Waals surface area contributed by atoms with E-state index >= 15 is 0 Å². The SMILES string of the molecule is CC1CCCN(C(=O)C2CC2)CC1. The Balaban J connectivity index is 1.87. The minimum absolute atomic E-state index is 0.411. The van der Waals surface area contributed by atoms with Crippen LogP contribution in [0.25, 0.3) is 0 Å². The van der Waals surface area contributed by atoms with Crippen molar-refractivity contribution in [2.24, 2.45) is 11.8 Å². The third kappa shape index (κ3) is 2.23. The van der Waals surface area contributed by atoms with Gasteiger partial charge in [0, 0.05) is 19.0 Å². The zero-order valence-corrected chi connectivity index (χ0v) is 8.46. The third-order valence-corrected chi connectivity index (χ3v) is 3.26. The van der Waals surface area contributed by atoms with Crippen LogP contribution in [0.15, 0.2) is 0 Å². The van der Waals surface area contributed by atoms with E-state index in [9.17, 15) is 4.79 Å². The zero-order chi connectivity index (χ0) is 9.26. The summed E-state index contributed by atoms with van der Waals surface area (Å²) in [6.45, 7) is 4.32. The van der Waals surface area contributed by atoms with Gasteiger partial charge in [0.1, 0.15) is 0 Å². The molecule has 0 radical (unpaired) electrons. The maximum Gasteiger partial charge on any atom is 0.225 e. The van der Waals surface area contributed by atoms with Gasteiger partial charge in [-0.3, -0.25) is 4.79 Å². The lowest BCUT2D eigenvalue weighted by Crippen LogP contribution is -2.33. The molecule has 1 amide bonds. The maximum absolute atomic E-state index is 11.7. The van der Waals surface area contributed by atoms with E-state index in [1.165, 1.54) is 19.3 Å². The highest BCUT2D eigenvalue weighted by Gasteiger charge is 2.33. The van der Waals surface area contributed by atoms with Crippen molar-refractivity contribution in [3.05, 3.63) is 0 Å². The lowest BCUT2D eigenvalue weighted by Gasteiger charge is -2.20. The fourth-order valence-electron chi connectivity index (χ4n) is 2.07. The van der Waals surface area contributed by atoms with Crippen molar-refractivity contribution in [1.29, 1.82) is 0 Å². The lowest BCUT2D eigenvalue weighted by atomic mass is 10.0. The molecule has 2 heteroatoms. The van der Waals surface area contributed by atoms with Crippen LogP contribution in [0.1, 0.15) is 39.0 Å². The highest BCUT2D eigenvalue weighted by Crippen LogP contribution is 2.32. The van der Waals surface area contributed by atoms with Crippen LogP contribution in [0.2, 0.25) is 0 Å². The monoisotopic (exact) mass is 181 g/mol. The second-order valence-electron chi connectivity index (χ2n) is 4.64. The Morgan fingerprint density at radius 3 is 2.62 bits per heavy atom. The molecule has 2 fully saturated rings. The molecule has 1 unspecified atom stereocenters. The molecule has 1 atom stereocenters. The average molecular weight is 181 g/mol. The molecule has 1 saturated heterocycles. The first-order valence-electron chi connectivity index (χ1n) is 5.56. The van der Waals surface area contributed by atoms with Gasteiger partial charge in [-0.15, -0.1) is 0 Å². The Morgan fingerprint density at radius 1 is 1.15 bits per heavy atom. The highest BCUT2D eigenvalue weighted by molar-refractivity contribution is 5.81. The van der Waals surface area contributed by atoms with Crippen LogP contribution < -0.4 is 0 Å². The van der Waals surface area contributed by atoms with Crippen LogP contribution in [0.3, 0.4) is 0 Å². The Hall–Kier alpha value is -0.530. The molecule has 0 aromatic carbocycles. The Kier molecular flexibility index (Phi) is 2.56. The van der Waals surface area contributed by atoms with Gasteiger partial charge in [0.05, 0.1) is 0 Å². The van der Waals surface area contributed by atoms with E-state index < -0.39 is 0 Å². The van der Waals surface area contributed by atoms with E-state index in [1.54, 1.807) is 0 Å². The first kappa shape index (κ1) is 9.04. The van der Waals surface area contributed by atoms with E-state index in [0.717, 1.165) is 31.8 Å². The predicted octanol–water partition coefficient (Wildman–Crippen LogP) is 2.04. The molecule has 2 nitrogen and oxygen atoms in total. The minimum Gasteiger partial charge on any atom is -0.342 e. The Bertz CT molecular complexity index is 198. The number of hydrogen-bond donors (Lipinski definition) is 0. The molecular weight excluding hydrogens is 162 g/mol. The van der Waals surface area contributed by atoms with Gasteiger partial charge < -0.3 is 4.90 Å². The van der Waals surface area contributed by atoms with Crippen molar-refractivity contribution < 1.29 is 4.79 Å². The summed E-state index contributed by atoms with van der Waals surface area (Å²) < 4.78 is 0. The second kappa shape index (κ2) is 3.69. The van der Waals surface area contributed by atoms with Gasteiger partial charge in [0.2, 0.25) is 5.91 Å². The minimum atomic E-state index is 0.411. The first-order chi connectivity index (χ1) is 6.27. The topological polar surface area (TPSA) is 20.3 Å². The number of hydrogen-bond acceptors (Lipinski definition) is 1. The smallest absolute Gasteiger partial charge is 0.225 e. The maximum atomic E-state index is 11.7. The van der Waals surface area contributed by atoms with Crippen molar-refractivity contribution in [1.82, 2.24) is 4.90 Å². The molecule has 1 saturated carbocycles. The Labute approximate surface area is 80.3 Å². The van der Waals surface area contributed by atoms with Crippen LogP contribution in [-0.2, 0) is 4.79 Å². The summed E-state index contributed by atoms with van der Waals surface area (Å²) in [6, 6.07) is 0. The standard InChI is InChI=1S/C11H19NO/c1-9-3-2-7-12(8-6-9)11(13)10-4-5-10/h9-10H,2-8H2,1H3. The lowest BCUT2D eigenvalue weighted by molar-refractivity contribution is -0.132. The fraction of sp³-hybridized carbons (Fsp3) is 0.909. The van der Waals surface area contributed by atoms with Crippen molar-refractivity contribution in [3.8, 4) is 0 Å². The molecule has 13 heavy (non-hydrogen) atoms. The van der Waals surface area contributed by atoms with Gasteiger partial charge in [-0.05, 0) is 38.0 Å². The largest absolute Gasteiger partial charge is 0.342 e. The van der Waals surface area contributed by atoms with Crippen molar-refractivity contribution in [3.63, 3.8) is 0 Å². The molecule has 0 N–H and O–H groups in total. The quantitative estimate of drug-likeness (QED) is 0.606. The molecule has 0 aromatic rings. The highest BCUT2D eigenvalue weighted by atomic mass is 16.2. The van der Waals surface area contributed by atoms with Crippen LogP contribution in [0, 0.1) is 11.8 Å². The number of amides is 1. The van der Waals surface area contributed by atoms with Crippen LogP contribution in [-0.4, -0.2) is 23.9 Å². The van der Waals surface area contributed by atoms with E-state index in [-0.39, 0.29) is 0 Å². The van der Waals surface area contributed by atoms with Crippen molar-refractivity contribution in [2.45, 2.75) is 39.0 Å². The summed E-state index contributed by atoms with van der Waals surface area (Å²) in [4.78, 5) is 13.8. The van der Waals surface area contributed by atoms with Gasteiger partial charge in [-0.25, -0.2) is 0 Å². The number of carbonyl (C=O) groups is 1. The number of carbonyl (C=O) groups excluding carboxylic acids is 1. The summed E-state index contributed by atoms with van der Waals surface area (Å²) >= 11 is 0. The molecule has 0 bridgehead atoms. The molecule has 1 aliphatic heterocycles. The molecule has 0 spiro atoms. The molecule has 1 heterocycles.